The van der Waals surface area contributed by atoms with Crippen LogP contribution in [0.5, 0.6) is 0 Å². The van der Waals surface area contributed by atoms with Gasteiger partial charge in [-0.05, 0) is 55.0 Å². The van der Waals surface area contributed by atoms with E-state index in [2.05, 4.69) is 28.8 Å². The fourth-order valence-electron chi connectivity index (χ4n) is 3.29. The Morgan fingerprint density at radius 2 is 2.08 bits per heavy atom. The summed E-state index contributed by atoms with van der Waals surface area (Å²) >= 11 is 6.02. The first kappa shape index (κ1) is 17.0. The van der Waals surface area contributed by atoms with E-state index in [9.17, 15) is 4.79 Å². The van der Waals surface area contributed by atoms with Gasteiger partial charge < -0.3 is 10.6 Å². The molecule has 3 rings (SSSR count). The lowest BCUT2D eigenvalue weighted by atomic mass is 9.88. The SMILES string of the molecule is C[C@H](NCC(=O)N[C@H]1CCCc2ccccc21)c1cccc(Cl)c1. The molecule has 2 aromatic carbocycles. The number of carbonyl (C=O) groups excluding carboxylic acids is 1. The van der Waals surface area contributed by atoms with Crippen LogP contribution in [0.15, 0.2) is 48.5 Å². The maximum Gasteiger partial charge on any atom is 0.234 e. The summed E-state index contributed by atoms with van der Waals surface area (Å²) in [7, 11) is 0. The zero-order valence-electron chi connectivity index (χ0n) is 13.9. The van der Waals surface area contributed by atoms with E-state index in [1.807, 2.05) is 37.3 Å². The number of benzene rings is 2. The van der Waals surface area contributed by atoms with Gasteiger partial charge >= 0.3 is 0 Å². The highest BCUT2D eigenvalue weighted by atomic mass is 35.5. The van der Waals surface area contributed by atoms with Crippen molar-refractivity contribution in [3.63, 3.8) is 0 Å². The molecule has 0 bridgehead atoms. The van der Waals surface area contributed by atoms with Crippen LogP contribution in [0.1, 0.15) is 48.5 Å². The molecule has 0 aliphatic heterocycles. The summed E-state index contributed by atoms with van der Waals surface area (Å²) in [5, 5.41) is 7.15. The van der Waals surface area contributed by atoms with Crippen LogP contribution in [0.25, 0.3) is 0 Å². The zero-order valence-corrected chi connectivity index (χ0v) is 14.6. The molecule has 0 unspecified atom stereocenters. The minimum absolute atomic E-state index is 0.0329. The van der Waals surface area contributed by atoms with Crippen LogP contribution in [0, 0.1) is 0 Å². The number of halogens is 1. The van der Waals surface area contributed by atoms with Crippen molar-refractivity contribution in [2.75, 3.05) is 6.54 Å². The molecule has 0 saturated heterocycles. The van der Waals surface area contributed by atoms with Gasteiger partial charge in [-0.15, -0.1) is 0 Å². The molecule has 1 aliphatic carbocycles. The van der Waals surface area contributed by atoms with E-state index in [1.165, 1.54) is 11.1 Å². The number of aryl methyl sites for hydroxylation is 1. The zero-order chi connectivity index (χ0) is 16.9. The Bertz CT molecular complexity index is 716. The molecular formula is C20H23ClN2O. The van der Waals surface area contributed by atoms with E-state index in [4.69, 9.17) is 11.6 Å². The van der Waals surface area contributed by atoms with Gasteiger partial charge in [-0.25, -0.2) is 0 Å². The van der Waals surface area contributed by atoms with Gasteiger partial charge in [0, 0.05) is 11.1 Å². The van der Waals surface area contributed by atoms with Gasteiger partial charge in [0.25, 0.3) is 0 Å². The third kappa shape index (κ3) is 4.16. The molecule has 1 amide bonds. The van der Waals surface area contributed by atoms with E-state index in [0.29, 0.717) is 11.6 Å². The largest absolute Gasteiger partial charge is 0.348 e. The Labute approximate surface area is 148 Å². The fraction of sp³-hybridized carbons (Fsp3) is 0.350. The highest BCUT2D eigenvalue weighted by Crippen LogP contribution is 2.29. The molecule has 126 valence electrons. The average molecular weight is 343 g/mol. The quantitative estimate of drug-likeness (QED) is 0.855. The standard InChI is InChI=1S/C20H23ClN2O/c1-14(16-8-4-9-17(21)12-16)22-13-20(24)23-19-11-5-7-15-6-2-3-10-18(15)19/h2-4,6,8-10,12,14,19,22H,5,7,11,13H2,1H3,(H,23,24)/t14-,19-/m0/s1. The van der Waals surface area contributed by atoms with E-state index < -0.39 is 0 Å². The van der Waals surface area contributed by atoms with Crippen LogP contribution in [-0.2, 0) is 11.2 Å². The summed E-state index contributed by atoms with van der Waals surface area (Å²) in [5.41, 5.74) is 3.70. The van der Waals surface area contributed by atoms with Gasteiger partial charge in [-0.2, -0.15) is 0 Å². The normalized spacial score (nSPS) is 17.8. The fourth-order valence-corrected chi connectivity index (χ4v) is 3.49. The van der Waals surface area contributed by atoms with E-state index >= 15 is 0 Å². The molecule has 24 heavy (non-hydrogen) atoms. The summed E-state index contributed by atoms with van der Waals surface area (Å²) in [6, 6.07) is 16.3. The monoisotopic (exact) mass is 342 g/mol. The lowest BCUT2D eigenvalue weighted by molar-refractivity contribution is -0.121. The minimum atomic E-state index is 0.0329. The van der Waals surface area contributed by atoms with Crippen molar-refractivity contribution in [3.05, 3.63) is 70.2 Å². The third-order valence-corrected chi connectivity index (χ3v) is 4.86. The number of amides is 1. The van der Waals surface area contributed by atoms with Crippen LogP contribution < -0.4 is 10.6 Å². The molecule has 0 spiro atoms. The second-order valence-corrected chi connectivity index (χ2v) is 6.81. The van der Waals surface area contributed by atoms with Crippen LogP contribution in [0.4, 0.5) is 0 Å². The number of hydrogen-bond acceptors (Lipinski definition) is 2. The molecule has 4 heteroatoms. The third-order valence-electron chi connectivity index (χ3n) is 4.62. The summed E-state index contributed by atoms with van der Waals surface area (Å²) in [4.78, 5) is 12.3. The van der Waals surface area contributed by atoms with E-state index in [-0.39, 0.29) is 18.0 Å². The lowest BCUT2D eigenvalue weighted by Crippen LogP contribution is -2.38. The van der Waals surface area contributed by atoms with Gasteiger partial charge in [-0.1, -0.05) is 48.0 Å². The molecule has 0 radical (unpaired) electrons. The Kier molecular flexibility index (Phi) is 5.54. The minimum Gasteiger partial charge on any atom is -0.348 e. The Balaban J connectivity index is 1.55. The first-order chi connectivity index (χ1) is 11.6. The van der Waals surface area contributed by atoms with Gasteiger partial charge in [0.1, 0.15) is 0 Å². The maximum absolute atomic E-state index is 12.3. The number of fused-ring (bicyclic) bond motifs is 1. The van der Waals surface area contributed by atoms with Crippen molar-refractivity contribution >= 4 is 17.5 Å². The van der Waals surface area contributed by atoms with Crippen molar-refractivity contribution in [1.82, 2.24) is 10.6 Å². The second-order valence-electron chi connectivity index (χ2n) is 6.37. The molecule has 0 saturated carbocycles. The molecular weight excluding hydrogens is 320 g/mol. The molecule has 0 fully saturated rings. The second kappa shape index (κ2) is 7.82. The predicted molar refractivity (Wildman–Crippen MR) is 98.1 cm³/mol. The molecule has 2 N–H and O–H groups in total. The highest BCUT2D eigenvalue weighted by Gasteiger charge is 2.21. The van der Waals surface area contributed by atoms with Crippen LogP contribution in [0.3, 0.4) is 0 Å². The molecule has 2 atom stereocenters. The predicted octanol–water partition coefficient (Wildman–Crippen LogP) is 4.18. The maximum atomic E-state index is 12.3. The summed E-state index contributed by atoms with van der Waals surface area (Å²) < 4.78 is 0. The van der Waals surface area contributed by atoms with Crippen molar-refractivity contribution < 1.29 is 4.79 Å². The number of carbonyl (C=O) groups is 1. The van der Waals surface area contributed by atoms with Gasteiger partial charge in [-0.3, -0.25) is 4.79 Å². The average Bonchev–Trinajstić information content (AvgIpc) is 2.60. The topological polar surface area (TPSA) is 41.1 Å². The number of hydrogen-bond donors (Lipinski definition) is 2. The number of nitrogens with one attached hydrogen (secondary N) is 2. The van der Waals surface area contributed by atoms with Crippen molar-refractivity contribution in [1.29, 1.82) is 0 Å². The van der Waals surface area contributed by atoms with Crippen molar-refractivity contribution in [2.24, 2.45) is 0 Å². The van der Waals surface area contributed by atoms with Gasteiger partial charge in [0.05, 0.1) is 12.6 Å². The Hall–Kier alpha value is -1.84. The molecule has 0 heterocycles. The highest BCUT2D eigenvalue weighted by molar-refractivity contribution is 6.30. The number of rotatable bonds is 5. The summed E-state index contributed by atoms with van der Waals surface area (Å²) in [6.07, 6.45) is 3.23. The van der Waals surface area contributed by atoms with Crippen LogP contribution >= 0.6 is 11.6 Å². The van der Waals surface area contributed by atoms with Crippen molar-refractivity contribution in [2.45, 2.75) is 38.3 Å². The molecule has 2 aromatic rings. The molecule has 1 aliphatic rings. The van der Waals surface area contributed by atoms with Crippen LogP contribution in [0.2, 0.25) is 5.02 Å². The molecule has 0 aromatic heterocycles. The lowest BCUT2D eigenvalue weighted by Gasteiger charge is -2.26. The summed E-state index contributed by atoms with van der Waals surface area (Å²) in [6.45, 7) is 2.33. The first-order valence-electron chi connectivity index (χ1n) is 8.49. The van der Waals surface area contributed by atoms with E-state index in [1.54, 1.807) is 0 Å². The smallest absolute Gasteiger partial charge is 0.234 e. The van der Waals surface area contributed by atoms with Gasteiger partial charge in [0.15, 0.2) is 0 Å². The van der Waals surface area contributed by atoms with Crippen molar-refractivity contribution in [3.8, 4) is 0 Å². The van der Waals surface area contributed by atoms with Gasteiger partial charge in [0.2, 0.25) is 5.91 Å². The van der Waals surface area contributed by atoms with Crippen LogP contribution in [-0.4, -0.2) is 12.5 Å². The molecule has 3 nitrogen and oxygen atoms in total. The van der Waals surface area contributed by atoms with E-state index in [0.717, 1.165) is 24.8 Å². The Morgan fingerprint density at radius 3 is 2.92 bits per heavy atom. The Morgan fingerprint density at radius 1 is 1.25 bits per heavy atom. The summed E-state index contributed by atoms with van der Waals surface area (Å²) in [5.74, 6) is 0.0329. The first-order valence-corrected chi connectivity index (χ1v) is 8.87.